The third-order valence-electron chi connectivity index (χ3n) is 3.16. The van der Waals surface area contributed by atoms with Gasteiger partial charge < -0.3 is 9.84 Å². The van der Waals surface area contributed by atoms with Crippen molar-refractivity contribution in [2.24, 2.45) is 0 Å². The fourth-order valence-corrected chi connectivity index (χ4v) is 1.86. The minimum Gasteiger partial charge on any atom is -0.497 e. The van der Waals surface area contributed by atoms with Crippen LogP contribution in [0.3, 0.4) is 0 Å². The molecule has 0 bridgehead atoms. The Bertz CT molecular complexity index is 605. The first-order valence-electron chi connectivity index (χ1n) is 6.95. The second kappa shape index (κ2) is 7.96. The van der Waals surface area contributed by atoms with E-state index in [1.54, 1.807) is 19.3 Å². The summed E-state index contributed by atoms with van der Waals surface area (Å²) < 4.78 is 5.08. The number of carbonyl (C=O) groups excluding carboxylic acids is 1. The molecular formula is C19H18O3. The lowest BCUT2D eigenvalue weighted by atomic mass is 10.1. The summed E-state index contributed by atoms with van der Waals surface area (Å²) >= 11 is 0. The summed E-state index contributed by atoms with van der Waals surface area (Å²) in [6, 6.07) is 14.9. The summed E-state index contributed by atoms with van der Waals surface area (Å²) in [5, 5.41) is 8.97. The SMILES string of the molecule is COc1ccc(/C=C/C(=O)/C=C/c2ccc(CO)cc2)cc1. The van der Waals surface area contributed by atoms with Crippen molar-refractivity contribution in [2.75, 3.05) is 7.11 Å². The Kier molecular flexibility index (Phi) is 5.69. The maximum atomic E-state index is 11.8. The van der Waals surface area contributed by atoms with Crippen LogP contribution in [0.1, 0.15) is 16.7 Å². The number of hydrogen-bond acceptors (Lipinski definition) is 3. The molecule has 0 radical (unpaired) electrons. The second-order valence-electron chi connectivity index (χ2n) is 4.74. The van der Waals surface area contributed by atoms with Crippen molar-refractivity contribution < 1.29 is 14.6 Å². The lowest BCUT2D eigenvalue weighted by Gasteiger charge is -1.98. The number of aliphatic hydroxyl groups is 1. The van der Waals surface area contributed by atoms with Gasteiger partial charge in [0.2, 0.25) is 0 Å². The van der Waals surface area contributed by atoms with E-state index in [0.29, 0.717) is 0 Å². The van der Waals surface area contributed by atoms with Crippen LogP contribution in [0.5, 0.6) is 5.75 Å². The first-order valence-corrected chi connectivity index (χ1v) is 6.95. The molecule has 3 nitrogen and oxygen atoms in total. The number of methoxy groups -OCH3 is 1. The van der Waals surface area contributed by atoms with E-state index in [-0.39, 0.29) is 12.4 Å². The maximum absolute atomic E-state index is 11.8. The average Bonchev–Trinajstić information content (AvgIpc) is 2.59. The Morgan fingerprint density at radius 2 is 1.45 bits per heavy atom. The predicted molar refractivity (Wildman–Crippen MR) is 88.4 cm³/mol. The van der Waals surface area contributed by atoms with Crippen molar-refractivity contribution in [3.63, 3.8) is 0 Å². The van der Waals surface area contributed by atoms with Gasteiger partial charge in [-0.1, -0.05) is 48.6 Å². The van der Waals surface area contributed by atoms with Crippen LogP contribution in [-0.4, -0.2) is 18.0 Å². The lowest BCUT2D eigenvalue weighted by Crippen LogP contribution is -1.86. The minimum absolute atomic E-state index is 0.0214. The normalized spacial score (nSPS) is 11.2. The van der Waals surface area contributed by atoms with E-state index in [4.69, 9.17) is 9.84 Å². The van der Waals surface area contributed by atoms with Gasteiger partial charge in [0.1, 0.15) is 5.75 Å². The molecule has 0 heterocycles. The standard InChI is InChI=1S/C19H18O3/c1-22-19-12-8-16(9-13-19)7-11-18(21)10-6-15-2-4-17(14-20)5-3-15/h2-13,20H,14H2,1H3/b10-6+,11-7+. The Labute approximate surface area is 130 Å². The molecule has 0 amide bonds. The Hall–Kier alpha value is -2.65. The molecule has 1 N–H and O–H groups in total. The molecule has 22 heavy (non-hydrogen) atoms. The number of ether oxygens (including phenoxy) is 1. The van der Waals surface area contributed by atoms with E-state index in [2.05, 4.69) is 0 Å². The number of allylic oxidation sites excluding steroid dienone is 2. The van der Waals surface area contributed by atoms with Gasteiger partial charge in [0.25, 0.3) is 0 Å². The van der Waals surface area contributed by atoms with Gasteiger partial charge in [-0.05, 0) is 41.0 Å². The number of ketones is 1. The van der Waals surface area contributed by atoms with Gasteiger partial charge in [-0.25, -0.2) is 0 Å². The third-order valence-corrected chi connectivity index (χ3v) is 3.16. The van der Waals surface area contributed by atoms with Gasteiger partial charge in [0, 0.05) is 0 Å². The topological polar surface area (TPSA) is 46.5 Å². The summed E-state index contributed by atoms with van der Waals surface area (Å²) in [7, 11) is 1.62. The fraction of sp³-hybridized carbons (Fsp3) is 0.105. The highest BCUT2D eigenvalue weighted by Crippen LogP contribution is 2.12. The Morgan fingerprint density at radius 1 is 0.955 bits per heavy atom. The molecule has 2 rings (SSSR count). The van der Waals surface area contributed by atoms with Gasteiger partial charge in [-0.3, -0.25) is 4.79 Å². The number of carbonyl (C=O) groups is 1. The first kappa shape index (κ1) is 15.7. The zero-order valence-corrected chi connectivity index (χ0v) is 12.4. The van der Waals surface area contributed by atoms with Crippen LogP contribution < -0.4 is 4.74 Å². The largest absolute Gasteiger partial charge is 0.497 e. The quantitative estimate of drug-likeness (QED) is 0.830. The van der Waals surface area contributed by atoms with E-state index in [1.165, 1.54) is 12.2 Å². The number of hydrogen-bond donors (Lipinski definition) is 1. The molecule has 0 unspecified atom stereocenters. The van der Waals surface area contributed by atoms with Crippen LogP contribution in [-0.2, 0) is 11.4 Å². The van der Waals surface area contributed by atoms with E-state index >= 15 is 0 Å². The molecule has 2 aromatic rings. The van der Waals surface area contributed by atoms with Crippen LogP contribution in [0.15, 0.2) is 60.7 Å². The first-order chi connectivity index (χ1) is 10.7. The van der Waals surface area contributed by atoms with Gasteiger partial charge >= 0.3 is 0 Å². The summed E-state index contributed by atoms with van der Waals surface area (Å²) in [5.74, 6) is 0.705. The molecule has 0 atom stereocenters. The van der Waals surface area contributed by atoms with Crippen LogP contribution in [0, 0.1) is 0 Å². The molecule has 0 saturated heterocycles. The highest BCUT2D eigenvalue weighted by Gasteiger charge is 1.94. The van der Waals surface area contributed by atoms with E-state index in [0.717, 1.165) is 22.4 Å². The molecule has 0 fully saturated rings. The smallest absolute Gasteiger partial charge is 0.178 e. The highest BCUT2D eigenvalue weighted by molar-refractivity contribution is 6.04. The summed E-state index contributed by atoms with van der Waals surface area (Å²) in [6.07, 6.45) is 6.57. The van der Waals surface area contributed by atoms with Crippen LogP contribution >= 0.6 is 0 Å². The average molecular weight is 294 g/mol. The Balaban J connectivity index is 1.95. The molecule has 0 spiro atoms. The number of benzene rings is 2. The highest BCUT2D eigenvalue weighted by atomic mass is 16.5. The zero-order valence-electron chi connectivity index (χ0n) is 12.4. The van der Waals surface area contributed by atoms with Gasteiger partial charge in [-0.2, -0.15) is 0 Å². The molecule has 0 saturated carbocycles. The van der Waals surface area contributed by atoms with Crippen molar-refractivity contribution in [3.05, 3.63) is 77.4 Å². The van der Waals surface area contributed by atoms with Crippen molar-refractivity contribution in [1.29, 1.82) is 0 Å². The molecule has 0 aliphatic carbocycles. The summed E-state index contributed by atoms with van der Waals surface area (Å²) in [4.78, 5) is 11.8. The molecule has 0 aliphatic rings. The zero-order chi connectivity index (χ0) is 15.8. The van der Waals surface area contributed by atoms with E-state index in [1.807, 2.05) is 48.5 Å². The molecule has 2 aromatic carbocycles. The number of aliphatic hydroxyl groups excluding tert-OH is 1. The number of rotatable bonds is 6. The molecule has 0 aliphatic heterocycles. The molecular weight excluding hydrogens is 276 g/mol. The van der Waals surface area contributed by atoms with Gasteiger partial charge in [0.15, 0.2) is 5.78 Å². The third kappa shape index (κ3) is 4.72. The predicted octanol–water partition coefficient (Wildman–Crippen LogP) is 3.48. The van der Waals surface area contributed by atoms with Crippen LogP contribution in [0.2, 0.25) is 0 Å². The van der Waals surface area contributed by atoms with Crippen molar-refractivity contribution in [3.8, 4) is 5.75 Å². The lowest BCUT2D eigenvalue weighted by molar-refractivity contribution is -0.110. The van der Waals surface area contributed by atoms with Crippen molar-refractivity contribution in [2.45, 2.75) is 6.61 Å². The van der Waals surface area contributed by atoms with Crippen LogP contribution in [0.25, 0.3) is 12.2 Å². The summed E-state index contributed by atoms with van der Waals surface area (Å²) in [6.45, 7) is 0.0214. The van der Waals surface area contributed by atoms with Gasteiger partial charge in [-0.15, -0.1) is 0 Å². The molecule has 112 valence electrons. The van der Waals surface area contributed by atoms with E-state index in [9.17, 15) is 4.79 Å². The molecule has 3 heteroatoms. The van der Waals surface area contributed by atoms with E-state index < -0.39 is 0 Å². The van der Waals surface area contributed by atoms with Gasteiger partial charge in [0.05, 0.1) is 13.7 Å². The summed E-state index contributed by atoms with van der Waals surface area (Å²) in [5.41, 5.74) is 2.71. The fourth-order valence-electron chi connectivity index (χ4n) is 1.86. The second-order valence-corrected chi connectivity index (χ2v) is 4.74. The van der Waals surface area contributed by atoms with Crippen molar-refractivity contribution in [1.82, 2.24) is 0 Å². The minimum atomic E-state index is -0.0814. The van der Waals surface area contributed by atoms with Crippen molar-refractivity contribution >= 4 is 17.9 Å². The van der Waals surface area contributed by atoms with Crippen LogP contribution in [0.4, 0.5) is 0 Å². The Morgan fingerprint density at radius 3 is 1.91 bits per heavy atom. The molecule has 0 aromatic heterocycles. The monoisotopic (exact) mass is 294 g/mol. The maximum Gasteiger partial charge on any atom is 0.178 e.